The molecule has 1 heterocycles. The molecule has 0 aromatic carbocycles. The molecule has 0 spiro atoms. The zero-order valence-electron chi connectivity index (χ0n) is 10.8. The van der Waals surface area contributed by atoms with Crippen LogP contribution in [0.3, 0.4) is 0 Å². The highest BCUT2D eigenvalue weighted by molar-refractivity contribution is 7.99. The van der Waals surface area contributed by atoms with Crippen molar-refractivity contribution in [1.82, 2.24) is 25.5 Å². The Hall–Kier alpha value is -1.15. The van der Waals surface area contributed by atoms with Crippen molar-refractivity contribution in [3.63, 3.8) is 0 Å². The number of carbonyl (C=O) groups is 1. The van der Waals surface area contributed by atoms with Crippen molar-refractivity contribution in [2.24, 2.45) is 0 Å². The summed E-state index contributed by atoms with van der Waals surface area (Å²) in [5.41, 5.74) is 0. The first kappa shape index (κ1) is 14.3. The average Bonchev–Trinajstić information content (AvgIpc) is 3.06. The van der Waals surface area contributed by atoms with Gasteiger partial charge in [0.25, 0.3) is 0 Å². The molecule has 1 aliphatic carbocycles. The number of carbonyl (C=O) groups excluding carboxylic acids is 1. The molecule has 0 radical (unpaired) electrons. The first-order valence-electron chi connectivity index (χ1n) is 6.53. The maximum absolute atomic E-state index is 11.4. The first-order valence-corrected chi connectivity index (χ1v) is 7.68. The lowest BCUT2D eigenvalue weighted by atomic mass is 10.2. The maximum atomic E-state index is 11.4. The first-order chi connectivity index (χ1) is 9.31. The van der Waals surface area contributed by atoms with E-state index >= 15 is 0 Å². The smallest absolute Gasteiger partial charge is 0.230 e. The number of rotatable bonds is 7. The van der Waals surface area contributed by atoms with Gasteiger partial charge >= 0.3 is 0 Å². The summed E-state index contributed by atoms with van der Waals surface area (Å²) in [6.07, 6.45) is 4.75. The lowest BCUT2D eigenvalue weighted by Gasteiger charge is -2.10. The van der Waals surface area contributed by atoms with Crippen LogP contribution in [-0.4, -0.2) is 50.1 Å². The van der Waals surface area contributed by atoms with Crippen molar-refractivity contribution in [2.75, 3.05) is 18.9 Å². The van der Waals surface area contributed by atoms with Crippen LogP contribution in [0.25, 0.3) is 0 Å². The predicted molar refractivity (Wildman–Crippen MR) is 71.6 cm³/mol. The lowest BCUT2D eigenvalue weighted by Crippen LogP contribution is -2.28. The summed E-state index contributed by atoms with van der Waals surface area (Å²) in [7, 11) is 0. The molecule has 8 heteroatoms. The van der Waals surface area contributed by atoms with E-state index in [0.717, 1.165) is 18.7 Å². The Balaban J connectivity index is 1.76. The molecule has 19 heavy (non-hydrogen) atoms. The predicted octanol–water partition coefficient (Wildman–Crippen LogP) is 0.130. The number of aliphatic hydroxyl groups is 1. The van der Waals surface area contributed by atoms with Crippen LogP contribution in [0.5, 0.6) is 0 Å². The Morgan fingerprint density at radius 1 is 1.47 bits per heavy atom. The Morgan fingerprint density at radius 2 is 2.26 bits per heavy atom. The molecule has 106 valence electrons. The van der Waals surface area contributed by atoms with Gasteiger partial charge in [-0.15, -0.1) is 16.9 Å². The SMILES string of the molecule is O=C(CSCc1nnnn1C1CCCC1)NCCO. The van der Waals surface area contributed by atoms with E-state index < -0.39 is 0 Å². The molecule has 0 saturated heterocycles. The van der Waals surface area contributed by atoms with Gasteiger partial charge in [0.05, 0.1) is 24.2 Å². The second-order valence-electron chi connectivity index (χ2n) is 4.54. The summed E-state index contributed by atoms with van der Waals surface area (Å²) in [6, 6.07) is 0.425. The van der Waals surface area contributed by atoms with E-state index in [1.807, 2.05) is 4.68 Å². The number of hydrogen-bond donors (Lipinski definition) is 2. The van der Waals surface area contributed by atoms with Gasteiger partial charge < -0.3 is 10.4 Å². The minimum atomic E-state index is -0.0704. The topological polar surface area (TPSA) is 92.9 Å². The number of thioether (sulfide) groups is 1. The van der Waals surface area contributed by atoms with Crippen molar-refractivity contribution < 1.29 is 9.90 Å². The van der Waals surface area contributed by atoms with Gasteiger partial charge in [-0.25, -0.2) is 4.68 Å². The molecule has 0 atom stereocenters. The highest BCUT2D eigenvalue weighted by Gasteiger charge is 2.21. The minimum Gasteiger partial charge on any atom is -0.395 e. The van der Waals surface area contributed by atoms with Crippen molar-refractivity contribution in [2.45, 2.75) is 37.5 Å². The monoisotopic (exact) mass is 285 g/mol. The zero-order valence-corrected chi connectivity index (χ0v) is 11.6. The van der Waals surface area contributed by atoms with Crippen LogP contribution in [0.1, 0.15) is 37.5 Å². The molecule has 2 rings (SSSR count). The lowest BCUT2D eigenvalue weighted by molar-refractivity contribution is -0.118. The minimum absolute atomic E-state index is 0.0314. The van der Waals surface area contributed by atoms with Gasteiger partial charge in [-0.05, 0) is 23.3 Å². The second-order valence-corrected chi connectivity index (χ2v) is 5.53. The molecule has 1 aromatic rings. The molecule has 1 saturated carbocycles. The molecule has 2 N–H and O–H groups in total. The summed E-state index contributed by atoms with van der Waals surface area (Å²) < 4.78 is 1.91. The van der Waals surface area contributed by atoms with Crippen LogP contribution in [0.4, 0.5) is 0 Å². The number of amides is 1. The summed E-state index contributed by atoms with van der Waals surface area (Å²) in [4.78, 5) is 11.4. The Bertz CT molecular complexity index is 406. The van der Waals surface area contributed by atoms with E-state index in [9.17, 15) is 4.79 Å². The van der Waals surface area contributed by atoms with Gasteiger partial charge in [0.15, 0.2) is 5.82 Å². The number of nitrogens with zero attached hydrogens (tertiary/aromatic N) is 4. The number of aliphatic hydroxyl groups excluding tert-OH is 1. The number of tetrazole rings is 1. The Morgan fingerprint density at radius 3 is 3.00 bits per heavy atom. The van der Waals surface area contributed by atoms with E-state index in [4.69, 9.17) is 5.11 Å². The number of nitrogens with one attached hydrogen (secondary N) is 1. The Kier molecular flexibility index (Phi) is 5.59. The van der Waals surface area contributed by atoms with Crippen molar-refractivity contribution in [3.05, 3.63) is 5.82 Å². The van der Waals surface area contributed by atoms with Gasteiger partial charge in [-0.3, -0.25) is 4.79 Å². The molecular formula is C11H19N5O2S. The van der Waals surface area contributed by atoms with E-state index in [1.54, 1.807) is 0 Å². The molecule has 1 aliphatic rings. The van der Waals surface area contributed by atoms with Crippen LogP contribution >= 0.6 is 11.8 Å². The summed E-state index contributed by atoms with van der Waals surface area (Å²) >= 11 is 1.49. The molecule has 1 amide bonds. The van der Waals surface area contributed by atoms with Crippen LogP contribution in [0.15, 0.2) is 0 Å². The zero-order chi connectivity index (χ0) is 13.5. The molecular weight excluding hydrogens is 266 g/mol. The number of hydrogen-bond acceptors (Lipinski definition) is 6. The fourth-order valence-corrected chi connectivity index (χ4v) is 2.98. The number of aromatic nitrogens is 4. The van der Waals surface area contributed by atoms with Gasteiger partial charge in [0, 0.05) is 6.54 Å². The van der Waals surface area contributed by atoms with Gasteiger partial charge in [-0.2, -0.15) is 0 Å². The van der Waals surface area contributed by atoms with Crippen LogP contribution in [-0.2, 0) is 10.5 Å². The summed E-state index contributed by atoms with van der Waals surface area (Å²) in [6.45, 7) is 0.273. The highest BCUT2D eigenvalue weighted by atomic mass is 32.2. The quantitative estimate of drug-likeness (QED) is 0.739. The average molecular weight is 285 g/mol. The highest BCUT2D eigenvalue weighted by Crippen LogP contribution is 2.29. The van der Waals surface area contributed by atoms with Gasteiger partial charge in [-0.1, -0.05) is 12.8 Å². The molecule has 0 unspecified atom stereocenters. The third-order valence-electron chi connectivity index (χ3n) is 3.13. The molecule has 0 aliphatic heterocycles. The normalized spacial score (nSPS) is 15.8. The van der Waals surface area contributed by atoms with Gasteiger partial charge in [0.2, 0.25) is 5.91 Å². The largest absolute Gasteiger partial charge is 0.395 e. The fraction of sp³-hybridized carbons (Fsp3) is 0.818. The van der Waals surface area contributed by atoms with Crippen LogP contribution in [0, 0.1) is 0 Å². The van der Waals surface area contributed by atoms with E-state index in [0.29, 0.717) is 24.1 Å². The molecule has 1 aromatic heterocycles. The van der Waals surface area contributed by atoms with Crippen LogP contribution < -0.4 is 5.32 Å². The molecule has 1 fully saturated rings. The Labute approximate surface area is 116 Å². The third-order valence-corrected chi connectivity index (χ3v) is 4.06. The van der Waals surface area contributed by atoms with Crippen molar-refractivity contribution >= 4 is 17.7 Å². The molecule has 7 nitrogen and oxygen atoms in total. The summed E-state index contributed by atoms with van der Waals surface area (Å²) in [5, 5.41) is 23.0. The second kappa shape index (κ2) is 7.44. The maximum Gasteiger partial charge on any atom is 0.230 e. The molecule has 0 bridgehead atoms. The van der Waals surface area contributed by atoms with Crippen LogP contribution in [0.2, 0.25) is 0 Å². The fourth-order valence-electron chi connectivity index (χ4n) is 2.22. The van der Waals surface area contributed by atoms with Gasteiger partial charge in [0.1, 0.15) is 0 Å². The third kappa shape index (κ3) is 4.17. The standard InChI is InChI=1S/C11H19N5O2S/c17-6-5-12-11(18)8-19-7-10-13-14-15-16(10)9-3-1-2-4-9/h9,17H,1-8H2,(H,12,18). The van der Waals surface area contributed by atoms with E-state index in [-0.39, 0.29) is 12.5 Å². The van der Waals surface area contributed by atoms with Crippen molar-refractivity contribution in [1.29, 1.82) is 0 Å². The van der Waals surface area contributed by atoms with Crippen molar-refractivity contribution in [3.8, 4) is 0 Å². The van der Waals surface area contributed by atoms with E-state index in [1.165, 1.54) is 24.6 Å². The van der Waals surface area contributed by atoms with E-state index in [2.05, 4.69) is 20.8 Å². The summed E-state index contributed by atoms with van der Waals surface area (Å²) in [5.74, 6) is 1.76.